The molecule has 1 atom stereocenters. The monoisotopic (exact) mass is 372 g/mol. The van der Waals surface area contributed by atoms with E-state index in [1.807, 2.05) is 18.2 Å². The highest BCUT2D eigenvalue weighted by Crippen LogP contribution is 2.23. The Morgan fingerprint density at radius 3 is 2.15 bits per heavy atom. The van der Waals surface area contributed by atoms with E-state index in [2.05, 4.69) is 22.4 Å². The number of nitrogens with zero attached hydrogens (tertiary/aromatic N) is 4. The normalized spacial score (nSPS) is 12.2. The first-order valence-electron chi connectivity index (χ1n) is 10.3. The number of tetrazole rings is 1. The van der Waals surface area contributed by atoms with Gasteiger partial charge in [-0.3, -0.25) is 4.79 Å². The van der Waals surface area contributed by atoms with Gasteiger partial charge in [0.05, 0.1) is 0 Å². The first-order chi connectivity index (χ1) is 13.2. The molecule has 6 nitrogen and oxygen atoms in total. The molecule has 1 N–H and O–H groups in total. The number of carboxylic acid groups (broad SMARTS) is 1. The first kappa shape index (κ1) is 21.1. The van der Waals surface area contributed by atoms with Gasteiger partial charge in [-0.05, 0) is 22.4 Å². The van der Waals surface area contributed by atoms with Gasteiger partial charge in [-0.25, -0.2) is 4.68 Å². The Morgan fingerprint density at radius 2 is 1.56 bits per heavy atom. The van der Waals surface area contributed by atoms with E-state index in [1.165, 1.54) is 51.4 Å². The average Bonchev–Trinajstić information content (AvgIpc) is 3.12. The molecule has 0 bridgehead atoms. The van der Waals surface area contributed by atoms with E-state index in [0.29, 0.717) is 17.9 Å². The summed E-state index contributed by atoms with van der Waals surface area (Å²) in [6, 6.07) is 9.15. The van der Waals surface area contributed by atoms with Gasteiger partial charge in [0.15, 0.2) is 5.82 Å². The minimum absolute atomic E-state index is 0.407. The Balaban J connectivity index is 1.75. The highest BCUT2D eigenvalue weighted by Gasteiger charge is 2.27. The zero-order chi connectivity index (χ0) is 19.3. The molecule has 0 saturated carbocycles. The minimum Gasteiger partial charge on any atom is -0.480 e. The molecule has 0 fully saturated rings. The predicted molar refractivity (Wildman–Crippen MR) is 106 cm³/mol. The van der Waals surface area contributed by atoms with Crippen LogP contribution in [0.25, 0.3) is 0 Å². The molecule has 1 heterocycles. The molecule has 1 aromatic carbocycles. The van der Waals surface area contributed by atoms with Gasteiger partial charge in [0, 0.05) is 6.54 Å². The third-order valence-electron chi connectivity index (χ3n) is 4.92. The number of benzene rings is 1. The van der Waals surface area contributed by atoms with Crippen molar-refractivity contribution in [2.75, 3.05) is 0 Å². The van der Waals surface area contributed by atoms with Crippen molar-refractivity contribution in [3.63, 3.8) is 0 Å². The first-order valence-corrected chi connectivity index (χ1v) is 10.3. The van der Waals surface area contributed by atoms with Crippen molar-refractivity contribution in [2.45, 2.75) is 83.6 Å². The summed E-state index contributed by atoms with van der Waals surface area (Å²) in [5, 5.41) is 21.4. The van der Waals surface area contributed by atoms with E-state index < -0.39 is 11.9 Å². The van der Waals surface area contributed by atoms with Crippen LogP contribution in [0.4, 0.5) is 0 Å². The molecule has 27 heavy (non-hydrogen) atoms. The van der Waals surface area contributed by atoms with Crippen molar-refractivity contribution in [3.05, 3.63) is 41.7 Å². The fourth-order valence-electron chi connectivity index (χ4n) is 3.37. The number of aryl methyl sites for hydroxylation is 1. The molecular formula is C21H32N4O2. The summed E-state index contributed by atoms with van der Waals surface area (Å²) >= 11 is 0. The quantitative estimate of drug-likeness (QED) is 0.481. The van der Waals surface area contributed by atoms with Gasteiger partial charge in [-0.15, -0.1) is 5.10 Å². The maximum absolute atomic E-state index is 11.8. The molecule has 0 aliphatic carbocycles. The summed E-state index contributed by atoms with van der Waals surface area (Å²) in [5.74, 6) is -1.35. The van der Waals surface area contributed by atoms with Crippen LogP contribution >= 0.6 is 0 Å². The number of unbranched alkanes of at least 4 members (excludes halogenated alkanes) is 9. The Hall–Kier alpha value is -2.24. The molecule has 1 aromatic heterocycles. The van der Waals surface area contributed by atoms with Gasteiger partial charge in [0.1, 0.15) is 5.92 Å². The van der Waals surface area contributed by atoms with Crippen LogP contribution < -0.4 is 0 Å². The van der Waals surface area contributed by atoms with E-state index in [9.17, 15) is 9.90 Å². The second kappa shape index (κ2) is 12.2. The summed E-state index contributed by atoms with van der Waals surface area (Å²) in [6.45, 7) is 2.91. The highest BCUT2D eigenvalue weighted by molar-refractivity contribution is 5.79. The summed E-state index contributed by atoms with van der Waals surface area (Å²) in [4.78, 5) is 11.8. The van der Waals surface area contributed by atoms with Crippen LogP contribution in [0.2, 0.25) is 0 Å². The number of aromatic nitrogens is 4. The summed E-state index contributed by atoms with van der Waals surface area (Å²) in [7, 11) is 0. The molecule has 2 rings (SSSR count). The van der Waals surface area contributed by atoms with Crippen LogP contribution in [0.3, 0.4) is 0 Å². The number of hydrogen-bond acceptors (Lipinski definition) is 4. The lowest BCUT2D eigenvalue weighted by Gasteiger charge is -2.12. The second-order valence-electron chi connectivity index (χ2n) is 7.12. The Labute approximate surface area is 162 Å². The highest BCUT2D eigenvalue weighted by atomic mass is 16.4. The molecule has 0 radical (unpaired) electrons. The van der Waals surface area contributed by atoms with Gasteiger partial charge >= 0.3 is 5.97 Å². The van der Waals surface area contributed by atoms with Crippen LogP contribution in [0, 0.1) is 0 Å². The molecule has 0 aliphatic heterocycles. The number of aliphatic carboxylic acids is 1. The van der Waals surface area contributed by atoms with Crippen LogP contribution in [0.5, 0.6) is 0 Å². The minimum atomic E-state index is -0.930. The second-order valence-corrected chi connectivity index (χ2v) is 7.12. The fraction of sp³-hybridized carbons (Fsp3) is 0.619. The molecule has 0 aliphatic rings. The summed E-state index contributed by atoms with van der Waals surface area (Å²) in [5.41, 5.74) is 0.698. The van der Waals surface area contributed by atoms with Gasteiger partial charge < -0.3 is 5.11 Å². The third kappa shape index (κ3) is 7.12. The van der Waals surface area contributed by atoms with Gasteiger partial charge in [0.25, 0.3) is 0 Å². The Morgan fingerprint density at radius 1 is 0.963 bits per heavy atom. The van der Waals surface area contributed by atoms with Crippen molar-refractivity contribution in [3.8, 4) is 0 Å². The van der Waals surface area contributed by atoms with Crippen LogP contribution in [0.15, 0.2) is 30.3 Å². The standard InChI is InChI=1S/C21H32N4O2/c1-2-3-4-5-6-7-8-9-10-14-17-25-20(22-23-24-25)19(21(26)27)18-15-12-11-13-16-18/h11-13,15-16,19H,2-10,14,17H2,1H3,(H,26,27). The fourth-order valence-corrected chi connectivity index (χ4v) is 3.37. The van der Waals surface area contributed by atoms with Gasteiger partial charge in [-0.1, -0.05) is 95.0 Å². The summed E-state index contributed by atoms with van der Waals surface area (Å²) < 4.78 is 1.65. The van der Waals surface area contributed by atoms with Gasteiger partial charge in [-0.2, -0.15) is 0 Å². The van der Waals surface area contributed by atoms with Crippen LogP contribution in [-0.2, 0) is 11.3 Å². The van der Waals surface area contributed by atoms with Crippen molar-refractivity contribution in [1.29, 1.82) is 0 Å². The molecule has 0 spiro atoms. The molecule has 2 aromatic rings. The van der Waals surface area contributed by atoms with E-state index in [1.54, 1.807) is 16.8 Å². The average molecular weight is 373 g/mol. The van der Waals surface area contributed by atoms with Crippen LogP contribution in [-0.4, -0.2) is 31.3 Å². The third-order valence-corrected chi connectivity index (χ3v) is 4.92. The largest absolute Gasteiger partial charge is 0.480 e. The van der Waals surface area contributed by atoms with E-state index in [-0.39, 0.29) is 0 Å². The zero-order valence-corrected chi connectivity index (χ0v) is 16.4. The molecule has 148 valence electrons. The smallest absolute Gasteiger partial charge is 0.318 e. The maximum atomic E-state index is 11.8. The Bertz CT molecular complexity index is 657. The van der Waals surface area contributed by atoms with Crippen molar-refractivity contribution in [1.82, 2.24) is 20.2 Å². The SMILES string of the molecule is CCCCCCCCCCCCn1nnnc1C(C(=O)O)c1ccccc1. The topological polar surface area (TPSA) is 80.9 Å². The van der Waals surface area contributed by atoms with E-state index in [4.69, 9.17) is 0 Å². The predicted octanol–water partition coefficient (Wildman–Crippen LogP) is 4.81. The molecular weight excluding hydrogens is 340 g/mol. The lowest BCUT2D eigenvalue weighted by molar-refractivity contribution is -0.138. The van der Waals surface area contributed by atoms with Crippen LogP contribution in [0.1, 0.15) is 88.4 Å². The number of carbonyl (C=O) groups is 1. The molecule has 0 saturated heterocycles. The lowest BCUT2D eigenvalue weighted by atomic mass is 9.98. The molecule has 0 amide bonds. The summed E-state index contributed by atoms with van der Waals surface area (Å²) in [6.07, 6.45) is 12.6. The maximum Gasteiger partial charge on any atom is 0.318 e. The molecule has 6 heteroatoms. The lowest BCUT2D eigenvalue weighted by Crippen LogP contribution is -2.19. The Kier molecular flexibility index (Phi) is 9.52. The van der Waals surface area contributed by atoms with Crippen molar-refractivity contribution in [2.24, 2.45) is 0 Å². The van der Waals surface area contributed by atoms with Crippen molar-refractivity contribution >= 4 is 5.97 Å². The zero-order valence-electron chi connectivity index (χ0n) is 16.4. The number of rotatable bonds is 14. The van der Waals surface area contributed by atoms with E-state index in [0.717, 1.165) is 12.8 Å². The number of hydrogen-bond donors (Lipinski definition) is 1. The van der Waals surface area contributed by atoms with Gasteiger partial charge in [0.2, 0.25) is 0 Å². The molecule has 1 unspecified atom stereocenters. The number of carboxylic acids is 1. The van der Waals surface area contributed by atoms with Crippen molar-refractivity contribution < 1.29 is 9.90 Å². The van der Waals surface area contributed by atoms with E-state index >= 15 is 0 Å².